The van der Waals surface area contributed by atoms with E-state index in [2.05, 4.69) is 104 Å². The Balaban J connectivity index is 4.06. The quantitative estimate of drug-likeness (QED) is 0.0243. The average molecular weight is 1250 g/mol. The minimum absolute atomic E-state index is 0.0540. The number of phosphoric acid groups is 1. The van der Waals surface area contributed by atoms with Crippen molar-refractivity contribution in [2.75, 3.05) is 40.9 Å². The van der Waals surface area contributed by atoms with Gasteiger partial charge in [-0.2, -0.15) is 0 Å². The van der Waals surface area contributed by atoms with E-state index in [4.69, 9.17) is 9.05 Å². The van der Waals surface area contributed by atoms with Crippen molar-refractivity contribution in [3.05, 3.63) is 97.2 Å². The number of hydrogen-bond acceptors (Lipinski definition) is 5. The Morgan fingerprint density at radius 1 is 0.398 bits per heavy atom. The summed E-state index contributed by atoms with van der Waals surface area (Å²) >= 11 is 0. The van der Waals surface area contributed by atoms with Gasteiger partial charge in [0.2, 0.25) is 5.91 Å². The first kappa shape index (κ1) is 85.4. The lowest BCUT2D eigenvalue weighted by Gasteiger charge is -2.25. The number of aliphatic hydroxyl groups is 1. The molecule has 0 saturated heterocycles. The van der Waals surface area contributed by atoms with E-state index >= 15 is 0 Å². The number of aliphatic hydroxyl groups excluding tert-OH is 1. The van der Waals surface area contributed by atoms with Crippen molar-refractivity contribution in [1.82, 2.24) is 5.32 Å². The Hall–Kier alpha value is -2.58. The van der Waals surface area contributed by atoms with Gasteiger partial charge in [0.15, 0.2) is 0 Å². The van der Waals surface area contributed by atoms with Gasteiger partial charge in [-0.05, 0) is 83.5 Å². The van der Waals surface area contributed by atoms with Crippen molar-refractivity contribution >= 4 is 13.7 Å². The van der Waals surface area contributed by atoms with Crippen LogP contribution in [0.25, 0.3) is 0 Å². The number of allylic oxidation sites excluding steroid dienone is 15. The highest BCUT2D eigenvalue weighted by Crippen LogP contribution is 2.43. The summed E-state index contributed by atoms with van der Waals surface area (Å²) in [5, 5.41) is 14.0. The van der Waals surface area contributed by atoms with Crippen LogP contribution in [0.2, 0.25) is 0 Å². The molecule has 0 spiro atoms. The molecular weight excluding hydrogens is 1100 g/mol. The molecule has 9 heteroatoms. The Bertz CT molecular complexity index is 1760. The summed E-state index contributed by atoms with van der Waals surface area (Å²) in [5.41, 5.74) is 0. The van der Waals surface area contributed by atoms with Crippen molar-refractivity contribution in [2.24, 2.45) is 0 Å². The number of quaternary nitrogens is 1. The molecule has 512 valence electrons. The van der Waals surface area contributed by atoms with Crippen LogP contribution < -0.4 is 5.32 Å². The van der Waals surface area contributed by atoms with E-state index in [1.165, 1.54) is 250 Å². The third-order valence-corrected chi connectivity index (χ3v) is 17.8. The van der Waals surface area contributed by atoms with Crippen LogP contribution >= 0.6 is 7.82 Å². The lowest BCUT2D eigenvalue weighted by Crippen LogP contribution is -2.45. The molecule has 0 bridgehead atoms. The number of nitrogens with one attached hydrogen (secondary N) is 1. The van der Waals surface area contributed by atoms with E-state index in [9.17, 15) is 19.4 Å². The summed E-state index contributed by atoms with van der Waals surface area (Å²) in [5.74, 6) is -0.185. The molecule has 0 aliphatic heterocycles. The van der Waals surface area contributed by atoms with Crippen molar-refractivity contribution in [2.45, 2.75) is 360 Å². The zero-order valence-electron chi connectivity index (χ0n) is 58.7. The normalized spacial score (nSPS) is 14.1. The number of nitrogens with zero attached hydrogens (tertiary/aromatic N) is 1. The summed E-state index contributed by atoms with van der Waals surface area (Å²) < 4.78 is 23.8. The first-order valence-corrected chi connectivity index (χ1v) is 39.1. The fourth-order valence-electron chi connectivity index (χ4n) is 11.0. The lowest BCUT2D eigenvalue weighted by molar-refractivity contribution is -0.870. The first-order valence-electron chi connectivity index (χ1n) is 37.6. The second kappa shape index (κ2) is 68.8. The molecule has 0 heterocycles. The van der Waals surface area contributed by atoms with Crippen LogP contribution in [0.3, 0.4) is 0 Å². The Morgan fingerprint density at radius 2 is 0.693 bits per heavy atom. The maximum atomic E-state index is 13.1. The SMILES string of the molecule is CC/C=C\C/C=C\C/C=C\C/C=C\C/C=C\C/C=C\CCCCCCCCCCCCCCCCCCC(=O)NC(COP(=O)(O)OCC[N+](C)(C)C)C(O)/C=C/CC/C=C/CCCCCCCCCCCCCCCCCCCCCCCCCCC. The molecule has 0 radical (unpaired) electrons. The fraction of sp³-hybridized carbons (Fsp3) is 0.785. The van der Waals surface area contributed by atoms with E-state index in [1.807, 2.05) is 27.2 Å². The summed E-state index contributed by atoms with van der Waals surface area (Å²) in [6.45, 7) is 4.72. The molecule has 3 unspecified atom stereocenters. The van der Waals surface area contributed by atoms with Crippen LogP contribution in [-0.4, -0.2) is 73.4 Å². The zero-order chi connectivity index (χ0) is 64.1. The molecule has 3 atom stereocenters. The van der Waals surface area contributed by atoms with Gasteiger partial charge in [0.05, 0.1) is 39.9 Å². The van der Waals surface area contributed by atoms with Crippen molar-refractivity contribution in [3.63, 3.8) is 0 Å². The van der Waals surface area contributed by atoms with Crippen molar-refractivity contribution < 1.29 is 32.9 Å². The van der Waals surface area contributed by atoms with E-state index in [0.717, 1.165) is 77.0 Å². The van der Waals surface area contributed by atoms with Gasteiger partial charge in [-0.3, -0.25) is 13.8 Å². The number of carbonyl (C=O) groups excluding carboxylic acids is 1. The van der Waals surface area contributed by atoms with Gasteiger partial charge in [0, 0.05) is 6.42 Å². The topological polar surface area (TPSA) is 105 Å². The average Bonchev–Trinajstić information content (AvgIpc) is 3.64. The van der Waals surface area contributed by atoms with Crippen LogP contribution in [0.1, 0.15) is 348 Å². The van der Waals surface area contributed by atoms with E-state index < -0.39 is 20.0 Å². The summed E-state index contributed by atoms with van der Waals surface area (Å²) in [6, 6.07) is -0.870. The fourth-order valence-corrected chi connectivity index (χ4v) is 11.7. The Labute approximate surface area is 547 Å². The minimum Gasteiger partial charge on any atom is -0.387 e. The van der Waals surface area contributed by atoms with Crippen LogP contribution in [0.15, 0.2) is 97.2 Å². The number of phosphoric ester groups is 1. The molecule has 0 aromatic rings. The Morgan fingerprint density at radius 3 is 1.05 bits per heavy atom. The van der Waals surface area contributed by atoms with Crippen LogP contribution in [0.4, 0.5) is 0 Å². The zero-order valence-corrected chi connectivity index (χ0v) is 59.6. The van der Waals surface area contributed by atoms with Gasteiger partial charge in [-0.1, -0.05) is 355 Å². The molecule has 0 aliphatic carbocycles. The largest absolute Gasteiger partial charge is 0.472 e. The van der Waals surface area contributed by atoms with Gasteiger partial charge >= 0.3 is 7.82 Å². The predicted molar refractivity (Wildman–Crippen MR) is 387 cm³/mol. The summed E-state index contributed by atoms with van der Waals surface area (Å²) in [6.07, 6.45) is 100. The molecule has 0 aromatic carbocycles. The molecule has 0 rings (SSSR count). The number of likely N-dealkylation sites (N-methyl/N-ethyl adjacent to an activating group) is 1. The molecule has 1 amide bonds. The summed E-state index contributed by atoms with van der Waals surface area (Å²) in [7, 11) is 1.56. The number of hydrogen-bond donors (Lipinski definition) is 3. The van der Waals surface area contributed by atoms with E-state index in [0.29, 0.717) is 17.4 Å². The first-order chi connectivity index (χ1) is 43.0. The van der Waals surface area contributed by atoms with Crippen LogP contribution in [0.5, 0.6) is 0 Å². The number of amides is 1. The van der Waals surface area contributed by atoms with Gasteiger partial charge in [0.1, 0.15) is 13.2 Å². The van der Waals surface area contributed by atoms with Gasteiger partial charge in [0.25, 0.3) is 0 Å². The number of rotatable bonds is 69. The van der Waals surface area contributed by atoms with Crippen molar-refractivity contribution in [1.29, 1.82) is 0 Å². The second-order valence-corrected chi connectivity index (χ2v) is 28.1. The second-order valence-electron chi connectivity index (χ2n) is 26.6. The van der Waals surface area contributed by atoms with E-state index in [-0.39, 0.29) is 19.1 Å². The highest BCUT2D eigenvalue weighted by Gasteiger charge is 2.28. The molecule has 8 nitrogen and oxygen atoms in total. The molecule has 0 aliphatic rings. The maximum absolute atomic E-state index is 13.1. The Kier molecular flexibility index (Phi) is 66.8. The lowest BCUT2D eigenvalue weighted by atomic mass is 10.0. The monoisotopic (exact) mass is 1250 g/mol. The molecule has 0 saturated carbocycles. The summed E-state index contributed by atoms with van der Waals surface area (Å²) in [4.78, 5) is 23.5. The smallest absolute Gasteiger partial charge is 0.387 e. The van der Waals surface area contributed by atoms with Crippen molar-refractivity contribution in [3.8, 4) is 0 Å². The highest BCUT2D eigenvalue weighted by atomic mass is 31.2. The molecule has 0 fully saturated rings. The third kappa shape index (κ3) is 70.9. The van der Waals surface area contributed by atoms with Crippen LogP contribution in [-0.2, 0) is 18.4 Å². The van der Waals surface area contributed by atoms with Gasteiger partial charge in [-0.25, -0.2) is 4.57 Å². The third-order valence-electron chi connectivity index (χ3n) is 16.8. The number of unbranched alkanes of at least 4 members (excludes halogenated alkanes) is 42. The minimum atomic E-state index is -4.37. The van der Waals surface area contributed by atoms with Gasteiger partial charge < -0.3 is 19.8 Å². The van der Waals surface area contributed by atoms with Crippen LogP contribution in [0, 0.1) is 0 Å². The van der Waals surface area contributed by atoms with E-state index in [1.54, 1.807) is 6.08 Å². The highest BCUT2D eigenvalue weighted by molar-refractivity contribution is 7.47. The molecular formula is C79H146N2O6P+. The molecule has 3 N–H and O–H groups in total. The maximum Gasteiger partial charge on any atom is 0.472 e. The molecule has 88 heavy (non-hydrogen) atoms. The number of carbonyl (C=O) groups is 1. The standard InChI is InChI=1S/C79H145N2O6P/c1-6-8-10-12-14-16-18-20-22-24-26-28-30-32-34-36-38-39-40-41-43-45-47-49-51-53-55-57-59-61-63-65-67-69-71-73-79(83)80-77(76-87-88(84,85)86-75-74-81(3,4)5)78(82)72-70-68-66-64-62-60-58-56-54-52-50-48-46-44-42-37-35-33-31-29-27-25-23-21-19-17-15-13-11-9-7-2/h8,10,14,16,20,22,26,28,32,34,38-39,62,64,70,72,77-78,82H,6-7,9,11-13,15,17-19,21,23-25,27,29-31,33,35-37,40-61,63,65-69,71,73-76H2,1-5H3,(H-,80,83,84,85)/p+1/b10-8-,16-14-,22-20-,28-26-,34-32-,39-38-,64-62+,72-70+. The predicted octanol–water partition coefficient (Wildman–Crippen LogP) is 24.4. The molecule has 0 aromatic heterocycles. The van der Waals surface area contributed by atoms with Gasteiger partial charge in [-0.15, -0.1) is 0 Å².